The summed E-state index contributed by atoms with van der Waals surface area (Å²) < 4.78 is 11.4. The molecule has 0 spiro atoms. The third kappa shape index (κ3) is 9.38. The van der Waals surface area contributed by atoms with E-state index in [4.69, 9.17) is 9.47 Å². The van der Waals surface area contributed by atoms with Gasteiger partial charge in [0.25, 0.3) is 0 Å². The summed E-state index contributed by atoms with van der Waals surface area (Å²) in [5.41, 5.74) is 0.591. The van der Waals surface area contributed by atoms with Crippen molar-refractivity contribution in [3.63, 3.8) is 0 Å². The Hall–Kier alpha value is -0.940. The summed E-state index contributed by atoms with van der Waals surface area (Å²) in [4.78, 5) is 12.2. The molecule has 5 heteroatoms. The summed E-state index contributed by atoms with van der Waals surface area (Å²) in [7, 11) is 0. The molecule has 0 bridgehead atoms. The number of amides is 1. The standard InChI is InChI=1S/C19H35NO3S/c1-9-11-12-16(22-13-24-8)15(4)17(14(3)10-2)20-18(21)23-19(5,6)7/h9-11,15-17H,12-13H2,1-8H3,(H,20,21)/b11-9-,14-10+/t15-,16+,17+/m0/s1. The highest BCUT2D eigenvalue weighted by Crippen LogP contribution is 2.23. The first-order valence-electron chi connectivity index (χ1n) is 8.50. The number of thioether (sulfide) groups is 1. The molecule has 0 radical (unpaired) electrons. The molecule has 0 aromatic carbocycles. The fourth-order valence-corrected chi connectivity index (χ4v) is 2.66. The van der Waals surface area contributed by atoms with Gasteiger partial charge in [-0.1, -0.05) is 30.7 Å². The Kier molecular flexibility index (Phi) is 11.1. The highest BCUT2D eigenvalue weighted by molar-refractivity contribution is 7.98. The molecular formula is C19H35NO3S. The normalized spacial score (nSPS) is 16.8. The summed E-state index contributed by atoms with van der Waals surface area (Å²) >= 11 is 1.66. The molecule has 0 saturated carbocycles. The number of alkyl carbamates (subject to hydrolysis) is 1. The summed E-state index contributed by atoms with van der Waals surface area (Å²) in [6, 6.07) is -0.123. The molecule has 4 nitrogen and oxygen atoms in total. The molecule has 0 saturated heterocycles. The van der Waals surface area contributed by atoms with E-state index < -0.39 is 11.7 Å². The van der Waals surface area contributed by atoms with E-state index in [-0.39, 0.29) is 18.1 Å². The maximum atomic E-state index is 12.2. The monoisotopic (exact) mass is 357 g/mol. The molecule has 1 amide bonds. The topological polar surface area (TPSA) is 47.6 Å². The maximum absolute atomic E-state index is 12.2. The van der Waals surface area contributed by atoms with Crippen LogP contribution in [0.2, 0.25) is 0 Å². The van der Waals surface area contributed by atoms with Crippen LogP contribution >= 0.6 is 11.8 Å². The van der Waals surface area contributed by atoms with Crippen LogP contribution in [0.4, 0.5) is 4.79 Å². The minimum absolute atomic E-state index is 0.0310. The molecule has 140 valence electrons. The quantitative estimate of drug-likeness (QED) is 0.458. The lowest BCUT2D eigenvalue weighted by atomic mass is 9.88. The van der Waals surface area contributed by atoms with E-state index >= 15 is 0 Å². The van der Waals surface area contributed by atoms with Crippen molar-refractivity contribution in [2.75, 3.05) is 12.2 Å². The highest BCUT2D eigenvalue weighted by Gasteiger charge is 2.29. The summed E-state index contributed by atoms with van der Waals surface area (Å²) in [5, 5.41) is 3.02. The molecule has 0 aliphatic carbocycles. The van der Waals surface area contributed by atoms with Crippen molar-refractivity contribution in [3.05, 3.63) is 23.8 Å². The van der Waals surface area contributed by atoms with Gasteiger partial charge < -0.3 is 14.8 Å². The molecule has 0 aliphatic rings. The van der Waals surface area contributed by atoms with Crippen molar-refractivity contribution < 1.29 is 14.3 Å². The Bertz CT molecular complexity index is 427. The largest absolute Gasteiger partial charge is 0.444 e. The van der Waals surface area contributed by atoms with Gasteiger partial charge in [-0.15, -0.1) is 11.8 Å². The van der Waals surface area contributed by atoms with Crippen molar-refractivity contribution in [2.24, 2.45) is 5.92 Å². The van der Waals surface area contributed by atoms with Crippen LogP contribution in [0.25, 0.3) is 0 Å². The van der Waals surface area contributed by atoms with Crippen molar-refractivity contribution >= 4 is 17.9 Å². The third-order valence-electron chi connectivity index (χ3n) is 3.73. The molecule has 24 heavy (non-hydrogen) atoms. The third-order valence-corrected chi connectivity index (χ3v) is 4.11. The summed E-state index contributed by atoms with van der Waals surface area (Å²) in [6.45, 7) is 13.7. The number of rotatable bonds is 9. The second-order valence-electron chi connectivity index (χ2n) is 6.93. The number of hydrogen-bond acceptors (Lipinski definition) is 4. The lowest BCUT2D eigenvalue weighted by molar-refractivity contribution is 0.0295. The fraction of sp³-hybridized carbons (Fsp3) is 0.737. The van der Waals surface area contributed by atoms with E-state index in [1.807, 2.05) is 60.0 Å². The van der Waals surface area contributed by atoms with Crippen molar-refractivity contribution in [2.45, 2.75) is 72.6 Å². The Morgan fingerprint density at radius 2 is 1.92 bits per heavy atom. The van der Waals surface area contributed by atoms with E-state index in [0.717, 1.165) is 12.0 Å². The van der Waals surface area contributed by atoms with Gasteiger partial charge in [0.1, 0.15) is 5.60 Å². The summed E-state index contributed by atoms with van der Waals surface area (Å²) in [5.74, 6) is 0.762. The van der Waals surface area contributed by atoms with Gasteiger partial charge in [-0.25, -0.2) is 4.79 Å². The van der Waals surface area contributed by atoms with Gasteiger partial charge in [-0.05, 0) is 54.2 Å². The van der Waals surface area contributed by atoms with Crippen LogP contribution in [0, 0.1) is 5.92 Å². The Labute approximate surface area is 152 Å². The SMILES string of the molecule is C/C=C\C[C@@H](OCSC)[C@H](C)[C@H](NC(=O)OC(C)(C)C)/C(C)=C/C. The number of ether oxygens (including phenoxy) is 2. The van der Waals surface area contributed by atoms with Crippen LogP contribution in [-0.4, -0.2) is 36.0 Å². The van der Waals surface area contributed by atoms with E-state index in [1.54, 1.807) is 11.8 Å². The molecule has 0 aliphatic heterocycles. The van der Waals surface area contributed by atoms with E-state index in [9.17, 15) is 4.79 Å². The van der Waals surface area contributed by atoms with Crippen LogP contribution in [0.1, 0.15) is 54.9 Å². The summed E-state index contributed by atoms with van der Waals surface area (Å²) in [6.07, 6.45) is 8.64. The zero-order valence-corrected chi connectivity index (χ0v) is 17.3. The first kappa shape index (κ1) is 23.1. The molecule has 0 aromatic rings. The number of carbonyl (C=O) groups excluding carboxylic acids is 1. The van der Waals surface area contributed by atoms with Gasteiger partial charge in [0.15, 0.2) is 0 Å². The van der Waals surface area contributed by atoms with Crippen molar-refractivity contribution in [1.82, 2.24) is 5.32 Å². The first-order valence-corrected chi connectivity index (χ1v) is 9.89. The number of allylic oxidation sites excluding steroid dienone is 2. The molecule has 3 atom stereocenters. The van der Waals surface area contributed by atoms with Crippen LogP contribution in [0.15, 0.2) is 23.8 Å². The second-order valence-corrected chi connectivity index (χ2v) is 7.75. The van der Waals surface area contributed by atoms with Crippen LogP contribution in [0.5, 0.6) is 0 Å². The maximum Gasteiger partial charge on any atom is 0.408 e. The molecule has 0 fully saturated rings. The zero-order valence-electron chi connectivity index (χ0n) is 16.5. The van der Waals surface area contributed by atoms with E-state index in [2.05, 4.69) is 18.3 Å². The lowest BCUT2D eigenvalue weighted by Gasteiger charge is -2.32. The number of carbonyl (C=O) groups is 1. The van der Waals surface area contributed by atoms with E-state index in [1.165, 1.54) is 0 Å². The van der Waals surface area contributed by atoms with Crippen LogP contribution in [0.3, 0.4) is 0 Å². The van der Waals surface area contributed by atoms with E-state index in [0.29, 0.717) is 5.94 Å². The minimum atomic E-state index is -0.512. The van der Waals surface area contributed by atoms with Gasteiger partial charge in [0.05, 0.1) is 18.1 Å². The Morgan fingerprint density at radius 1 is 1.29 bits per heavy atom. The average Bonchev–Trinajstić information content (AvgIpc) is 2.49. The smallest absolute Gasteiger partial charge is 0.408 e. The molecule has 0 unspecified atom stereocenters. The molecular weight excluding hydrogens is 322 g/mol. The van der Waals surface area contributed by atoms with Crippen LogP contribution < -0.4 is 5.32 Å². The number of hydrogen-bond donors (Lipinski definition) is 1. The highest BCUT2D eigenvalue weighted by atomic mass is 32.2. The molecule has 1 N–H and O–H groups in total. The fourth-order valence-electron chi connectivity index (χ4n) is 2.35. The predicted molar refractivity (Wildman–Crippen MR) is 104 cm³/mol. The molecule has 0 rings (SSSR count). The van der Waals surface area contributed by atoms with Crippen LogP contribution in [-0.2, 0) is 9.47 Å². The van der Waals surface area contributed by atoms with Gasteiger partial charge in [-0.3, -0.25) is 0 Å². The van der Waals surface area contributed by atoms with Gasteiger partial charge >= 0.3 is 6.09 Å². The Balaban J connectivity index is 5.19. The lowest BCUT2D eigenvalue weighted by Crippen LogP contribution is -2.46. The number of nitrogens with one attached hydrogen (secondary N) is 1. The van der Waals surface area contributed by atoms with Gasteiger partial charge in [0, 0.05) is 5.92 Å². The van der Waals surface area contributed by atoms with Gasteiger partial charge in [0.2, 0.25) is 0 Å². The molecule has 0 heterocycles. The predicted octanol–water partition coefficient (Wildman–Crippen LogP) is 5.15. The molecule has 0 aromatic heterocycles. The second kappa shape index (κ2) is 11.6. The first-order chi connectivity index (χ1) is 11.2. The zero-order chi connectivity index (χ0) is 18.8. The van der Waals surface area contributed by atoms with Crippen molar-refractivity contribution in [1.29, 1.82) is 0 Å². The average molecular weight is 358 g/mol. The Morgan fingerprint density at radius 3 is 2.38 bits per heavy atom. The van der Waals surface area contributed by atoms with Crippen molar-refractivity contribution in [3.8, 4) is 0 Å². The minimum Gasteiger partial charge on any atom is -0.444 e. The van der Waals surface area contributed by atoms with Gasteiger partial charge in [-0.2, -0.15) is 0 Å².